The van der Waals surface area contributed by atoms with E-state index >= 15 is 0 Å². The second kappa shape index (κ2) is 9.27. The van der Waals surface area contributed by atoms with Crippen molar-refractivity contribution >= 4 is 17.8 Å². The van der Waals surface area contributed by atoms with Gasteiger partial charge in [0.15, 0.2) is 5.96 Å². The van der Waals surface area contributed by atoms with Gasteiger partial charge in [-0.2, -0.15) is 0 Å². The molecule has 0 saturated carbocycles. The molecule has 1 aliphatic heterocycles. The molecule has 7 nitrogen and oxygen atoms in total. The fourth-order valence-electron chi connectivity index (χ4n) is 2.21. The molecular formula is C15H29N5O2. The molecule has 0 radical (unpaired) electrons. The minimum atomic E-state index is -0.0354. The molecule has 22 heavy (non-hydrogen) atoms. The normalized spacial score (nSPS) is 18.3. The highest BCUT2D eigenvalue weighted by atomic mass is 16.2. The lowest BCUT2D eigenvalue weighted by Gasteiger charge is -2.19. The Morgan fingerprint density at radius 2 is 2.05 bits per heavy atom. The number of nitrogens with one attached hydrogen (secondary N) is 2. The summed E-state index contributed by atoms with van der Waals surface area (Å²) in [6, 6.07) is 0.188. The summed E-state index contributed by atoms with van der Waals surface area (Å²) in [5.74, 6) is 0.798. The molecule has 0 aromatic heterocycles. The Kier molecular flexibility index (Phi) is 7.70. The maximum absolute atomic E-state index is 11.7. The Bertz CT molecular complexity index is 409. The standard InChI is InChI=1S/C15H29N5O2/c1-5-8-16-15(17-10-14(22)19(3)4)18-12-7-9-20(11-12)13(21)6-2/h12H,5-11H2,1-4H3,(H2,16,17,18). The number of aliphatic imine (C=N–C) groups is 1. The van der Waals surface area contributed by atoms with E-state index in [1.807, 2.05) is 11.8 Å². The van der Waals surface area contributed by atoms with Crippen LogP contribution in [-0.4, -0.2) is 73.9 Å². The predicted molar refractivity (Wildman–Crippen MR) is 87.7 cm³/mol. The van der Waals surface area contributed by atoms with Crippen LogP contribution in [0.1, 0.15) is 33.1 Å². The molecular weight excluding hydrogens is 282 g/mol. The summed E-state index contributed by atoms with van der Waals surface area (Å²) in [4.78, 5) is 31.1. The molecule has 2 N–H and O–H groups in total. The summed E-state index contributed by atoms with van der Waals surface area (Å²) < 4.78 is 0. The van der Waals surface area contributed by atoms with Crippen LogP contribution in [0.4, 0.5) is 0 Å². The number of rotatable bonds is 6. The van der Waals surface area contributed by atoms with Crippen molar-refractivity contribution in [2.45, 2.75) is 39.2 Å². The minimum absolute atomic E-state index is 0.0354. The number of carbonyl (C=O) groups excluding carboxylic acids is 2. The summed E-state index contributed by atoms with van der Waals surface area (Å²) >= 11 is 0. The van der Waals surface area contributed by atoms with Crippen LogP contribution < -0.4 is 10.6 Å². The monoisotopic (exact) mass is 311 g/mol. The first-order chi connectivity index (χ1) is 10.5. The van der Waals surface area contributed by atoms with E-state index in [4.69, 9.17) is 0 Å². The van der Waals surface area contributed by atoms with E-state index in [1.165, 1.54) is 4.90 Å². The fourth-order valence-corrected chi connectivity index (χ4v) is 2.21. The third-order valence-corrected chi connectivity index (χ3v) is 3.60. The number of guanidine groups is 1. The Labute approximate surface area is 133 Å². The van der Waals surface area contributed by atoms with Gasteiger partial charge in [-0.05, 0) is 12.8 Å². The number of carbonyl (C=O) groups is 2. The van der Waals surface area contributed by atoms with E-state index in [2.05, 4.69) is 22.5 Å². The van der Waals surface area contributed by atoms with Crippen LogP contribution in [-0.2, 0) is 9.59 Å². The van der Waals surface area contributed by atoms with Crippen molar-refractivity contribution < 1.29 is 9.59 Å². The van der Waals surface area contributed by atoms with Crippen molar-refractivity contribution in [3.63, 3.8) is 0 Å². The van der Waals surface area contributed by atoms with Crippen LogP contribution in [0.15, 0.2) is 4.99 Å². The largest absolute Gasteiger partial charge is 0.356 e. The second-order valence-electron chi connectivity index (χ2n) is 5.70. The van der Waals surface area contributed by atoms with Crippen molar-refractivity contribution in [1.29, 1.82) is 0 Å². The minimum Gasteiger partial charge on any atom is -0.356 e. The third kappa shape index (κ3) is 5.91. The Morgan fingerprint density at radius 3 is 2.64 bits per heavy atom. The van der Waals surface area contributed by atoms with Crippen molar-refractivity contribution in [3.05, 3.63) is 0 Å². The van der Waals surface area contributed by atoms with Gasteiger partial charge in [0.2, 0.25) is 11.8 Å². The predicted octanol–water partition coefficient (Wildman–Crippen LogP) is 0.0307. The molecule has 1 heterocycles. The smallest absolute Gasteiger partial charge is 0.243 e. The van der Waals surface area contributed by atoms with E-state index in [9.17, 15) is 9.59 Å². The summed E-state index contributed by atoms with van der Waals surface area (Å²) in [7, 11) is 3.44. The van der Waals surface area contributed by atoms with Crippen LogP contribution >= 0.6 is 0 Å². The lowest BCUT2D eigenvalue weighted by molar-refractivity contribution is -0.130. The molecule has 0 aliphatic carbocycles. The number of likely N-dealkylation sites (N-methyl/N-ethyl adjacent to an activating group) is 1. The van der Waals surface area contributed by atoms with Crippen molar-refractivity contribution in [2.24, 2.45) is 4.99 Å². The first kappa shape index (κ1) is 18.3. The van der Waals surface area contributed by atoms with Crippen LogP contribution in [0.3, 0.4) is 0 Å². The van der Waals surface area contributed by atoms with Gasteiger partial charge in [-0.1, -0.05) is 13.8 Å². The molecule has 0 aromatic carbocycles. The van der Waals surface area contributed by atoms with Gasteiger partial charge in [-0.3, -0.25) is 9.59 Å². The van der Waals surface area contributed by atoms with Crippen LogP contribution in [0, 0.1) is 0 Å². The molecule has 1 atom stereocenters. The highest BCUT2D eigenvalue weighted by Gasteiger charge is 2.25. The van der Waals surface area contributed by atoms with Gasteiger partial charge in [-0.25, -0.2) is 4.99 Å². The number of nitrogens with zero attached hydrogens (tertiary/aromatic N) is 3. The second-order valence-corrected chi connectivity index (χ2v) is 5.70. The molecule has 2 amide bonds. The van der Waals surface area contributed by atoms with E-state index in [0.29, 0.717) is 18.9 Å². The third-order valence-electron chi connectivity index (χ3n) is 3.60. The summed E-state index contributed by atoms with van der Waals surface area (Å²) in [5, 5.41) is 6.54. The van der Waals surface area contributed by atoms with Gasteiger partial charge in [0.1, 0.15) is 6.54 Å². The van der Waals surface area contributed by atoms with E-state index in [-0.39, 0.29) is 24.4 Å². The molecule has 1 saturated heterocycles. The van der Waals surface area contributed by atoms with Gasteiger partial charge in [0.25, 0.3) is 0 Å². The summed E-state index contributed by atoms with van der Waals surface area (Å²) in [5.41, 5.74) is 0. The van der Waals surface area contributed by atoms with Gasteiger partial charge in [-0.15, -0.1) is 0 Å². The van der Waals surface area contributed by atoms with Gasteiger partial charge in [0.05, 0.1) is 0 Å². The van der Waals surface area contributed by atoms with Crippen LogP contribution in [0.5, 0.6) is 0 Å². The first-order valence-electron chi connectivity index (χ1n) is 8.00. The molecule has 1 aliphatic rings. The van der Waals surface area contributed by atoms with Crippen LogP contribution in [0.25, 0.3) is 0 Å². The number of amides is 2. The quantitative estimate of drug-likeness (QED) is 0.536. The van der Waals surface area contributed by atoms with Gasteiger partial charge in [0, 0.05) is 46.2 Å². The molecule has 0 spiro atoms. The van der Waals surface area contributed by atoms with Crippen molar-refractivity contribution in [1.82, 2.24) is 20.4 Å². The fraction of sp³-hybridized carbons (Fsp3) is 0.800. The molecule has 126 valence electrons. The highest BCUT2D eigenvalue weighted by Crippen LogP contribution is 2.10. The zero-order chi connectivity index (χ0) is 16.5. The van der Waals surface area contributed by atoms with E-state index in [0.717, 1.165) is 25.9 Å². The average Bonchev–Trinajstić information content (AvgIpc) is 2.97. The van der Waals surface area contributed by atoms with E-state index in [1.54, 1.807) is 14.1 Å². The van der Waals surface area contributed by atoms with Crippen LogP contribution in [0.2, 0.25) is 0 Å². The molecule has 0 aromatic rings. The topological polar surface area (TPSA) is 77.0 Å². The maximum atomic E-state index is 11.7. The van der Waals surface area contributed by atoms with Crippen molar-refractivity contribution in [2.75, 3.05) is 40.3 Å². The summed E-state index contributed by atoms with van der Waals surface area (Å²) in [6.45, 7) is 6.35. The SMILES string of the molecule is CCCNC(=NCC(=O)N(C)C)NC1CCN(C(=O)CC)C1. The van der Waals surface area contributed by atoms with Gasteiger partial charge >= 0.3 is 0 Å². The molecule has 1 rings (SSSR count). The highest BCUT2D eigenvalue weighted by molar-refractivity contribution is 5.85. The zero-order valence-corrected chi connectivity index (χ0v) is 14.2. The summed E-state index contributed by atoms with van der Waals surface area (Å²) in [6.07, 6.45) is 2.42. The lowest BCUT2D eigenvalue weighted by Crippen LogP contribution is -2.45. The number of hydrogen-bond donors (Lipinski definition) is 2. The maximum Gasteiger partial charge on any atom is 0.243 e. The van der Waals surface area contributed by atoms with E-state index < -0.39 is 0 Å². The Balaban J connectivity index is 2.56. The van der Waals surface area contributed by atoms with Gasteiger partial charge < -0.3 is 20.4 Å². The Morgan fingerprint density at radius 1 is 1.32 bits per heavy atom. The van der Waals surface area contributed by atoms with Crippen molar-refractivity contribution in [3.8, 4) is 0 Å². The Hall–Kier alpha value is -1.79. The molecule has 7 heteroatoms. The zero-order valence-electron chi connectivity index (χ0n) is 14.2. The molecule has 1 fully saturated rings. The first-order valence-corrected chi connectivity index (χ1v) is 8.00. The average molecular weight is 311 g/mol. The number of hydrogen-bond acceptors (Lipinski definition) is 3. The lowest BCUT2D eigenvalue weighted by atomic mass is 10.3. The number of likely N-dealkylation sites (tertiary alicyclic amines) is 1. The molecule has 0 bridgehead atoms. The molecule has 1 unspecified atom stereocenters.